The molecule has 0 aromatic heterocycles. The molecule has 1 N–H and O–H groups in total. The molecular weight excluding hydrogens is 376 g/mol. The van der Waals surface area contributed by atoms with Gasteiger partial charge in [0.1, 0.15) is 5.92 Å². The number of aryl methyl sites for hydroxylation is 1. The van der Waals surface area contributed by atoms with Gasteiger partial charge < -0.3 is 19.5 Å². The van der Waals surface area contributed by atoms with Gasteiger partial charge in [-0.05, 0) is 43.8 Å². The van der Waals surface area contributed by atoms with Crippen LogP contribution in [0.5, 0.6) is 11.5 Å². The third-order valence-electron chi connectivity index (χ3n) is 5.52. The monoisotopic (exact) mass is 398 g/mol. The fourth-order valence-electron chi connectivity index (χ4n) is 4.20. The summed E-state index contributed by atoms with van der Waals surface area (Å²) in [5.41, 5.74) is 1.62. The van der Waals surface area contributed by atoms with Crippen LogP contribution in [0.2, 0.25) is 0 Å². The van der Waals surface area contributed by atoms with Gasteiger partial charge in [-0.3, -0.25) is 9.69 Å². The number of carbonyl (C=O) groups is 1. The second-order valence-corrected chi connectivity index (χ2v) is 7.47. The first-order chi connectivity index (χ1) is 13.4. The zero-order chi connectivity index (χ0) is 20.1. The molecule has 3 atom stereocenters. The smallest absolute Gasteiger partial charge is 0.317 e. The van der Waals surface area contributed by atoms with E-state index in [1.54, 1.807) is 7.11 Å². The van der Waals surface area contributed by atoms with E-state index in [0.717, 1.165) is 16.8 Å². The van der Waals surface area contributed by atoms with E-state index in [9.17, 15) is 4.79 Å². The molecule has 2 aromatic carbocycles. The molecule has 2 aliphatic heterocycles. The quantitative estimate of drug-likeness (QED) is 0.629. The van der Waals surface area contributed by atoms with Crippen molar-refractivity contribution in [2.75, 3.05) is 19.1 Å². The van der Waals surface area contributed by atoms with E-state index in [1.807, 2.05) is 61.2 Å². The van der Waals surface area contributed by atoms with Crippen LogP contribution < -0.4 is 19.7 Å². The molecule has 0 amide bonds. The summed E-state index contributed by atoms with van der Waals surface area (Å²) < 4.78 is 17.2. The molecule has 1 fully saturated rings. The van der Waals surface area contributed by atoms with Gasteiger partial charge in [0, 0.05) is 11.3 Å². The predicted molar refractivity (Wildman–Crippen MR) is 110 cm³/mol. The summed E-state index contributed by atoms with van der Waals surface area (Å²) in [5, 5.41) is 3.84. The Kier molecular flexibility index (Phi) is 4.42. The van der Waals surface area contributed by atoms with Crippen molar-refractivity contribution < 1.29 is 19.0 Å². The minimum Gasteiger partial charge on any atom is -0.493 e. The number of benzene rings is 2. The Labute approximate surface area is 169 Å². The highest BCUT2D eigenvalue weighted by atomic mass is 32.1. The third kappa shape index (κ3) is 2.53. The van der Waals surface area contributed by atoms with Crippen LogP contribution in [-0.4, -0.2) is 31.0 Å². The van der Waals surface area contributed by atoms with Crippen molar-refractivity contribution in [2.45, 2.75) is 25.6 Å². The van der Waals surface area contributed by atoms with Crippen LogP contribution in [0.25, 0.3) is 0 Å². The number of thiocarbonyl (C=S) groups is 1. The lowest BCUT2D eigenvalue weighted by atomic mass is 9.79. The van der Waals surface area contributed by atoms with Gasteiger partial charge in [0.2, 0.25) is 5.72 Å². The average molecular weight is 398 g/mol. The van der Waals surface area contributed by atoms with Gasteiger partial charge in [0.05, 0.1) is 20.3 Å². The number of nitrogens with zero attached hydrogens (tertiary/aromatic N) is 1. The van der Waals surface area contributed by atoms with E-state index in [1.165, 1.54) is 7.11 Å². The average Bonchev–Trinajstić information content (AvgIpc) is 2.68. The fraction of sp³-hybridized carbons (Fsp3) is 0.333. The van der Waals surface area contributed by atoms with Crippen LogP contribution >= 0.6 is 12.2 Å². The number of hydrogen-bond donors (Lipinski definition) is 1. The van der Waals surface area contributed by atoms with Crippen molar-refractivity contribution in [2.24, 2.45) is 5.92 Å². The number of fused-ring (bicyclic) bond motifs is 4. The Bertz CT molecular complexity index is 963. The van der Waals surface area contributed by atoms with Gasteiger partial charge in [-0.15, -0.1) is 0 Å². The number of rotatable bonds is 3. The Balaban J connectivity index is 1.96. The molecule has 28 heavy (non-hydrogen) atoms. The summed E-state index contributed by atoms with van der Waals surface area (Å²) in [6, 6.07) is 13.1. The molecule has 6 nitrogen and oxygen atoms in total. The van der Waals surface area contributed by atoms with Gasteiger partial charge in [0.15, 0.2) is 16.6 Å². The molecule has 0 unspecified atom stereocenters. The summed E-state index contributed by atoms with van der Waals surface area (Å²) >= 11 is 5.71. The first-order valence-corrected chi connectivity index (χ1v) is 9.43. The van der Waals surface area contributed by atoms with E-state index in [-0.39, 0.29) is 12.0 Å². The number of para-hydroxylation sites is 2. The maximum Gasteiger partial charge on any atom is 0.317 e. The summed E-state index contributed by atoms with van der Waals surface area (Å²) in [5.74, 6) is 0.209. The molecular formula is C21H22N2O4S. The highest BCUT2D eigenvalue weighted by Crippen LogP contribution is 2.52. The molecule has 0 aliphatic carbocycles. The minimum atomic E-state index is -1.09. The normalized spacial score (nSPS) is 25.3. The summed E-state index contributed by atoms with van der Waals surface area (Å²) in [4.78, 5) is 14.7. The fourth-order valence-corrected chi connectivity index (χ4v) is 4.60. The summed E-state index contributed by atoms with van der Waals surface area (Å²) in [6.07, 6.45) is 0. The van der Waals surface area contributed by atoms with E-state index in [0.29, 0.717) is 16.6 Å². The van der Waals surface area contributed by atoms with Gasteiger partial charge in [0.25, 0.3) is 0 Å². The largest absolute Gasteiger partial charge is 0.493 e. The van der Waals surface area contributed by atoms with Crippen LogP contribution in [0, 0.1) is 12.8 Å². The van der Waals surface area contributed by atoms with Crippen LogP contribution in [0.3, 0.4) is 0 Å². The van der Waals surface area contributed by atoms with Gasteiger partial charge in [-0.2, -0.15) is 0 Å². The minimum absolute atomic E-state index is 0.366. The van der Waals surface area contributed by atoms with Gasteiger partial charge in [-0.25, -0.2) is 0 Å². The van der Waals surface area contributed by atoms with Crippen molar-refractivity contribution >= 4 is 29.0 Å². The topological polar surface area (TPSA) is 60.0 Å². The molecule has 2 aromatic rings. The summed E-state index contributed by atoms with van der Waals surface area (Å²) in [7, 11) is 2.99. The molecule has 2 aliphatic rings. The third-order valence-corrected chi connectivity index (χ3v) is 5.82. The lowest BCUT2D eigenvalue weighted by Crippen LogP contribution is -2.71. The maximum atomic E-state index is 12.9. The van der Waals surface area contributed by atoms with E-state index >= 15 is 0 Å². The SMILES string of the molecule is COC(=O)[C@@H]1[C@H]2NC(=S)N(c3ccccc3C)[C@@]1(C)Oc1c(OC)cccc12. The molecule has 146 valence electrons. The second kappa shape index (κ2) is 6.67. The highest BCUT2D eigenvalue weighted by Gasteiger charge is 2.60. The van der Waals surface area contributed by atoms with Crippen molar-refractivity contribution in [3.05, 3.63) is 53.6 Å². The number of ether oxygens (including phenoxy) is 3. The van der Waals surface area contributed by atoms with E-state index in [4.69, 9.17) is 26.4 Å². The van der Waals surface area contributed by atoms with Crippen LogP contribution in [0.4, 0.5) is 5.69 Å². The van der Waals surface area contributed by atoms with Gasteiger partial charge in [-0.1, -0.05) is 30.3 Å². The lowest BCUT2D eigenvalue weighted by Gasteiger charge is -2.55. The Morgan fingerprint density at radius 1 is 1.21 bits per heavy atom. The molecule has 0 spiro atoms. The Morgan fingerprint density at radius 2 is 1.96 bits per heavy atom. The van der Waals surface area contributed by atoms with Crippen molar-refractivity contribution in [3.63, 3.8) is 0 Å². The maximum absolute atomic E-state index is 12.9. The van der Waals surface area contributed by atoms with Crippen molar-refractivity contribution in [3.8, 4) is 11.5 Å². The Hall–Kier alpha value is -2.80. The molecule has 0 saturated carbocycles. The van der Waals surface area contributed by atoms with Crippen molar-refractivity contribution in [1.82, 2.24) is 5.32 Å². The van der Waals surface area contributed by atoms with E-state index in [2.05, 4.69) is 5.32 Å². The van der Waals surface area contributed by atoms with Crippen molar-refractivity contribution in [1.29, 1.82) is 0 Å². The van der Waals surface area contributed by atoms with Crippen LogP contribution in [0.1, 0.15) is 24.1 Å². The molecule has 2 bridgehead atoms. The predicted octanol–water partition coefficient (Wildman–Crippen LogP) is 3.34. The molecule has 7 heteroatoms. The number of carbonyl (C=O) groups excluding carboxylic acids is 1. The number of hydrogen-bond acceptors (Lipinski definition) is 5. The zero-order valence-electron chi connectivity index (χ0n) is 16.2. The number of anilines is 1. The van der Waals surface area contributed by atoms with E-state index < -0.39 is 11.6 Å². The van der Waals surface area contributed by atoms with Gasteiger partial charge >= 0.3 is 5.97 Å². The van der Waals surface area contributed by atoms with Crippen LogP contribution in [-0.2, 0) is 9.53 Å². The molecule has 2 heterocycles. The summed E-state index contributed by atoms with van der Waals surface area (Å²) in [6.45, 7) is 3.87. The molecule has 4 rings (SSSR count). The first kappa shape index (κ1) is 18.6. The zero-order valence-corrected chi connectivity index (χ0v) is 17.0. The number of methoxy groups -OCH3 is 2. The van der Waals surface area contributed by atoms with Crippen LogP contribution in [0.15, 0.2) is 42.5 Å². The number of nitrogens with one attached hydrogen (secondary N) is 1. The lowest BCUT2D eigenvalue weighted by molar-refractivity contribution is -0.157. The molecule has 1 saturated heterocycles. The highest BCUT2D eigenvalue weighted by molar-refractivity contribution is 7.80. The number of esters is 1. The second-order valence-electron chi connectivity index (χ2n) is 7.09. The Morgan fingerprint density at radius 3 is 2.64 bits per heavy atom. The first-order valence-electron chi connectivity index (χ1n) is 9.02. The standard InChI is InChI=1S/C21H22N2O4S/c1-12-8-5-6-10-14(12)23-20(28)22-17-13-9-7-11-15(25-3)18(13)27-21(23,2)16(17)19(24)26-4/h5-11,16-17H,1-4H3,(H,22,28)/t16-,17-,21-/m0/s1. The molecule has 0 radical (unpaired) electrons.